The number of anilines is 1. The topological polar surface area (TPSA) is 73.4 Å². The van der Waals surface area contributed by atoms with Crippen molar-refractivity contribution in [3.05, 3.63) is 46.5 Å². The van der Waals surface area contributed by atoms with E-state index in [9.17, 15) is 18.9 Å². The summed E-state index contributed by atoms with van der Waals surface area (Å²) in [5.41, 5.74) is -0.00121. The summed E-state index contributed by atoms with van der Waals surface area (Å²) in [6, 6.07) is 3.60. The number of nitro benzene ring substituents is 1. The third-order valence-electron chi connectivity index (χ3n) is 3.08. The Hall–Kier alpha value is -2.71. The van der Waals surface area contributed by atoms with E-state index in [0.29, 0.717) is 18.1 Å². The largest absolute Gasteiger partial charge is 0.432 e. The van der Waals surface area contributed by atoms with Crippen LogP contribution in [0.3, 0.4) is 0 Å². The molecule has 1 heterocycles. The van der Waals surface area contributed by atoms with Crippen molar-refractivity contribution in [3.8, 4) is 5.75 Å². The summed E-state index contributed by atoms with van der Waals surface area (Å²) in [6.07, 6.45) is 3.38. The average Bonchev–Trinajstić information content (AvgIpc) is 2.83. The third-order valence-corrected chi connectivity index (χ3v) is 3.08. The van der Waals surface area contributed by atoms with Gasteiger partial charge in [0.15, 0.2) is 5.75 Å². The zero-order valence-electron chi connectivity index (χ0n) is 11.9. The van der Waals surface area contributed by atoms with Gasteiger partial charge in [0, 0.05) is 32.6 Å². The van der Waals surface area contributed by atoms with Gasteiger partial charge in [0.25, 0.3) is 5.69 Å². The van der Waals surface area contributed by atoms with Crippen molar-refractivity contribution >= 4 is 11.4 Å². The van der Waals surface area contributed by atoms with Gasteiger partial charge in [0.1, 0.15) is 5.82 Å². The lowest BCUT2D eigenvalue weighted by molar-refractivity contribution is -0.385. The van der Waals surface area contributed by atoms with E-state index >= 15 is 0 Å². The molecule has 2 aromatic rings. The molecule has 0 radical (unpaired) electrons. The molecule has 0 aliphatic carbocycles. The number of alkyl halides is 2. The molecule has 0 N–H and O–H groups in total. The molecule has 118 valence electrons. The first-order valence-corrected chi connectivity index (χ1v) is 6.29. The van der Waals surface area contributed by atoms with Crippen LogP contribution in [0.15, 0.2) is 30.6 Å². The second kappa shape index (κ2) is 6.37. The highest BCUT2D eigenvalue weighted by Gasteiger charge is 2.18. The van der Waals surface area contributed by atoms with Gasteiger partial charge < -0.3 is 14.2 Å². The number of halogens is 2. The maximum atomic E-state index is 12.5. The summed E-state index contributed by atoms with van der Waals surface area (Å²) in [5.74, 6) is 0.463. The predicted molar refractivity (Wildman–Crippen MR) is 75.0 cm³/mol. The van der Waals surface area contributed by atoms with Crippen LogP contribution in [0, 0.1) is 10.1 Å². The molecule has 22 heavy (non-hydrogen) atoms. The Kier molecular flexibility index (Phi) is 4.54. The van der Waals surface area contributed by atoms with Gasteiger partial charge in [-0.05, 0) is 6.07 Å². The van der Waals surface area contributed by atoms with Crippen molar-refractivity contribution in [1.82, 2.24) is 9.55 Å². The van der Waals surface area contributed by atoms with Crippen LogP contribution in [-0.2, 0) is 13.6 Å². The fourth-order valence-corrected chi connectivity index (χ4v) is 1.97. The molecule has 0 saturated heterocycles. The van der Waals surface area contributed by atoms with Gasteiger partial charge in [0.05, 0.1) is 23.2 Å². The summed E-state index contributed by atoms with van der Waals surface area (Å²) in [4.78, 5) is 15.9. The van der Waals surface area contributed by atoms with Gasteiger partial charge in [-0.1, -0.05) is 0 Å². The number of benzene rings is 1. The van der Waals surface area contributed by atoms with Crippen LogP contribution in [0.2, 0.25) is 0 Å². The van der Waals surface area contributed by atoms with E-state index in [0.717, 1.165) is 6.07 Å². The van der Waals surface area contributed by atoms with Crippen LogP contribution < -0.4 is 9.64 Å². The molecule has 0 fully saturated rings. The monoisotopic (exact) mass is 312 g/mol. The molecule has 1 aromatic carbocycles. The SMILES string of the molecule is CN(Cc1nccn1C)c1ccc([N+](=O)[O-])cc1OC(F)F. The van der Waals surface area contributed by atoms with Crippen molar-refractivity contribution < 1.29 is 18.4 Å². The van der Waals surface area contributed by atoms with Gasteiger partial charge in [-0.3, -0.25) is 10.1 Å². The van der Waals surface area contributed by atoms with Gasteiger partial charge >= 0.3 is 6.61 Å². The average molecular weight is 312 g/mol. The first-order valence-electron chi connectivity index (χ1n) is 6.29. The minimum absolute atomic E-state index is 0.249. The van der Waals surface area contributed by atoms with Crippen LogP contribution in [0.25, 0.3) is 0 Å². The maximum Gasteiger partial charge on any atom is 0.387 e. The first-order chi connectivity index (χ1) is 10.4. The second-order valence-electron chi connectivity index (χ2n) is 4.60. The number of nitrogens with zero attached hydrogens (tertiary/aromatic N) is 4. The van der Waals surface area contributed by atoms with Crippen molar-refractivity contribution in [2.75, 3.05) is 11.9 Å². The molecule has 0 saturated carbocycles. The quantitative estimate of drug-likeness (QED) is 0.605. The lowest BCUT2D eigenvalue weighted by Crippen LogP contribution is -2.20. The van der Waals surface area contributed by atoms with Crippen molar-refractivity contribution in [2.24, 2.45) is 7.05 Å². The summed E-state index contributed by atoms with van der Waals surface area (Å²) in [7, 11) is 3.47. The summed E-state index contributed by atoms with van der Waals surface area (Å²) in [5, 5.41) is 10.8. The summed E-state index contributed by atoms with van der Waals surface area (Å²) >= 11 is 0. The fraction of sp³-hybridized carbons (Fsp3) is 0.308. The number of hydrogen-bond acceptors (Lipinski definition) is 5. The molecule has 0 aliphatic heterocycles. The molecule has 1 aromatic heterocycles. The van der Waals surface area contributed by atoms with Gasteiger partial charge in [0.2, 0.25) is 0 Å². The van der Waals surface area contributed by atoms with Gasteiger partial charge in [-0.2, -0.15) is 8.78 Å². The molecule has 0 atom stereocenters. The fourth-order valence-electron chi connectivity index (χ4n) is 1.97. The number of imidazole rings is 1. The van der Waals surface area contributed by atoms with E-state index in [4.69, 9.17) is 0 Å². The highest BCUT2D eigenvalue weighted by atomic mass is 19.3. The van der Waals surface area contributed by atoms with Crippen LogP contribution in [0.5, 0.6) is 5.75 Å². The molecule has 0 spiro atoms. The van der Waals surface area contributed by atoms with E-state index in [2.05, 4.69) is 9.72 Å². The molecule has 2 rings (SSSR count). The van der Waals surface area contributed by atoms with Crippen molar-refractivity contribution in [1.29, 1.82) is 0 Å². The van der Waals surface area contributed by atoms with E-state index < -0.39 is 11.5 Å². The van der Waals surface area contributed by atoms with E-state index in [1.807, 2.05) is 7.05 Å². The highest BCUT2D eigenvalue weighted by molar-refractivity contribution is 5.62. The Morgan fingerprint density at radius 2 is 2.23 bits per heavy atom. The molecular formula is C13H14F2N4O3. The van der Waals surface area contributed by atoms with Crippen molar-refractivity contribution in [2.45, 2.75) is 13.2 Å². The smallest absolute Gasteiger partial charge is 0.387 e. The minimum Gasteiger partial charge on any atom is -0.432 e. The Labute approximate surface area is 124 Å². The number of ether oxygens (including phenoxy) is 1. The number of rotatable bonds is 6. The van der Waals surface area contributed by atoms with Crippen LogP contribution in [0.4, 0.5) is 20.2 Å². The Bertz CT molecular complexity index is 675. The zero-order valence-corrected chi connectivity index (χ0v) is 11.9. The molecule has 0 bridgehead atoms. The summed E-state index contributed by atoms with van der Waals surface area (Å²) in [6.45, 7) is -2.73. The molecule has 0 aliphatic rings. The van der Waals surface area contributed by atoms with E-state index in [-0.39, 0.29) is 11.4 Å². The summed E-state index contributed by atoms with van der Waals surface area (Å²) < 4.78 is 31.2. The lowest BCUT2D eigenvalue weighted by Gasteiger charge is -2.21. The van der Waals surface area contributed by atoms with Gasteiger partial charge in [-0.25, -0.2) is 4.98 Å². The van der Waals surface area contributed by atoms with E-state index in [1.54, 1.807) is 28.9 Å². The molecule has 0 amide bonds. The maximum absolute atomic E-state index is 12.5. The number of hydrogen-bond donors (Lipinski definition) is 0. The van der Waals surface area contributed by atoms with Gasteiger partial charge in [-0.15, -0.1) is 0 Å². The van der Waals surface area contributed by atoms with Crippen LogP contribution in [-0.4, -0.2) is 28.1 Å². The molecule has 0 unspecified atom stereocenters. The number of non-ortho nitro benzene ring substituents is 1. The van der Waals surface area contributed by atoms with E-state index in [1.165, 1.54) is 12.1 Å². The molecule has 7 nitrogen and oxygen atoms in total. The lowest BCUT2D eigenvalue weighted by atomic mass is 10.2. The first kappa shape index (κ1) is 15.7. The standard InChI is InChI=1S/C13H14F2N4O3/c1-17-6-5-16-12(17)8-18(2)10-4-3-9(19(20)21)7-11(10)22-13(14)15/h3-7,13H,8H2,1-2H3. The third kappa shape index (κ3) is 3.48. The van der Waals surface area contributed by atoms with Crippen LogP contribution >= 0.6 is 0 Å². The number of aryl methyl sites for hydroxylation is 1. The predicted octanol–water partition coefficient (Wildman–Crippen LogP) is 2.57. The van der Waals surface area contributed by atoms with Crippen LogP contribution in [0.1, 0.15) is 5.82 Å². The minimum atomic E-state index is -3.07. The molecule has 9 heteroatoms. The zero-order chi connectivity index (χ0) is 16.3. The second-order valence-corrected chi connectivity index (χ2v) is 4.60. The Morgan fingerprint density at radius 3 is 2.77 bits per heavy atom. The normalized spacial score (nSPS) is 10.8. The Balaban J connectivity index is 2.31. The highest BCUT2D eigenvalue weighted by Crippen LogP contribution is 2.33. The van der Waals surface area contributed by atoms with Crippen molar-refractivity contribution in [3.63, 3.8) is 0 Å². The Morgan fingerprint density at radius 1 is 1.50 bits per heavy atom. The number of aromatic nitrogens is 2. The number of nitro groups is 1. The molecular weight excluding hydrogens is 298 g/mol.